The topological polar surface area (TPSA) is 88.8 Å². The van der Waals surface area contributed by atoms with Gasteiger partial charge in [-0.3, -0.25) is 4.79 Å². The van der Waals surface area contributed by atoms with Gasteiger partial charge in [0.05, 0.1) is 41.4 Å². The molecule has 0 bridgehead atoms. The molecule has 2 N–H and O–H groups in total. The fraction of sp³-hybridized carbons (Fsp3) is 0.269. The van der Waals surface area contributed by atoms with E-state index in [1.807, 2.05) is 24.3 Å². The molecule has 5 rings (SSSR count). The van der Waals surface area contributed by atoms with Crippen molar-refractivity contribution in [3.8, 4) is 17.0 Å². The van der Waals surface area contributed by atoms with Crippen LogP contribution >= 0.6 is 0 Å². The number of hydrogen-bond acceptors (Lipinski definition) is 5. The fourth-order valence-electron chi connectivity index (χ4n) is 4.62. The van der Waals surface area contributed by atoms with Crippen LogP contribution in [0.4, 0.5) is 8.78 Å². The van der Waals surface area contributed by atoms with E-state index in [1.54, 1.807) is 20.8 Å². The van der Waals surface area contributed by atoms with Crippen molar-refractivity contribution in [1.82, 2.24) is 19.9 Å². The van der Waals surface area contributed by atoms with Crippen molar-refractivity contribution < 1.29 is 23.4 Å². The first-order valence-corrected chi connectivity index (χ1v) is 11.2. The number of aliphatic hydroxyl groups is 1. The molecule has 1 aliphatic heterocycles. The molecule has 1 aliphatic rings. The van der Waals surface area contributed by atoms with E-state index in [1.165, 1.54) is 22.8 Å². The Labute approximate surface area is 200 Å². The average molecular weight is 478 g/mol. The maximum Gasteiger partial charge on any atom is 0.253 e. The van der Waals surface area contributed by atoms with Crippen LogP contribution in [0.1, 0.15) is 53.5 Å². The van der Waals surface area contributed by atoms with Crippen LogP contribution in [-0.2, 0) is 5.60 Å². The molecule has 0 radical (unpaired) electrons. The van der Waals surface area contributed by atoms with Gasteiger partial charge in [-0.25, -0.2) is 18.3 Å². The molecule has 1 amide bonds. The van der Waals surface area contributed by atoms with Crippen molar-refractivity contribution in [3.63, 3.8) is 0 Å². The van der Waals surface area contributed by atoms with Gasteiger partial charge in [0.25, 0.3) is 5.91 Å². The fourth-order valence-corrected chi connectivity index (χ4v) is 4.62. The van der Waals surface area contributed by atoms with Crippen molar-refractivity contribution in [2.75, 3.05) is 6.61 Å². The van der Waals surface area contributed by atoms with Gasteiger partial charge in [-0.05, 0) is 39.0 Å². The molecule has 1 unspecified atom stereocenters. The highest BCUT2D eigenvalue weighted by Crippen LogP contribution is 2.34. The molecule has 1 atom stereocenters. The van der Waals surface area contributed by atoms with Gasteiger partial charge in [0.15, 0.2) is 5.65 Å². The summed E-state index contributed by atoms with van der Waals surface area (Å²) in [6.45, 7) is 5.24. The van der Waals surface area contributed by atoms with E-state index >= 15 is 0 Å². The predicted molar refractivity (Wildman–Crippen MR) is 125 cm³/mol. The zero-order valence-electron chi connectivity index (χ0n) is 19.5. The molecular weight excluding hydrogens is 454 g/mol. The highest BCUT2D eigenvalue weighted by Gasteiger charge is 2.32. The molecule has 35 heavy (non-hydrogen) atoms. The van der Waals surface area contributed by atoms with E-state index in [0.29, 0.717) is 24.4 Å². The van der Waals surface area contributed by atoms with Crippen LogP contribution in [-0.4, -0.2) is 32.2 Å². The number of fused-ring (bicyclic) bond motifs is 2. The molecule has 0 saturated carbocycles. The SMILES string of the molecule is Cc1nc2c(C(C)(C)O)c(C(=O)NC3CCOc4ccccc43)cnn2c1-c1cc(F)cc(F)c1. The summed E-state index contributed by atoms with van der Waals surface area (Å²) in [6.07, 6.45) is 1.94. The molecule has 2 aromatic carbocycles. The third kappa shape index (κ3) is 4.12. The van der Waals surface area contributed by atoms with Crippen molar-refractivity contribution in [2.45, 2.75) is 38.8 Å². The Morgan fingerprint density at radius 3 is 2.63 bits per heavy atom. The van der Waals surface area contributed by atoms with Crippen LogP contribution in [0.15, 0.2) is 48.7 Å². The summed E-state index contributed by atoms with van der Waals surface area (Å²) in [7, 11) is 0. The van der Waals surface area contributed by atoms with Crippen LogP contribution in [0.5, 0.6) is 5.75 Å². The lowest BCUT2D eigenvalue weighted by Gasteiger charge is -2.28. The Morgan fingerprint density at radius 2 is 1.91 bits per heavy atom. The molecule has 180 valence electrons. The molecule has 0 aliphatic carbocycles. The lowest BCUT2D eigenvalue weighted by Crippen LogP contribution is -2.34. The summed E-state index contributed by atoms with van der Waals surface area (Å²) < 4.78 is 34.9. The van der Waals surface area contributed by atoms with Crippen LogP contribution < -0.4 is 10.1 Å². The highest BCUT2D eigenvalue weighted by atomic mass is 19.1. The van der Waals surface area contributed by atoms with Crippen molar-refractivity contribution in [2.24, 2.45) is 0 Å². The van der Waals surface area contributed by atoms with E-state index < -0.39 is 23.1 Å². The summed E-state index contributed by atoms with van der Waals surface area (Å²) >= 11 is 0. The third-order valence-corrected chi connectivity index (χ3v) is 6.08. The van der Waals surface area contributed by atoms with Gasteiger partial charge in [-0.2, -0.15) is 5.10 Å². The number of hydrogen-bond donors (Lipinski definition) is 2. The van der Waals surface area contributed by atoms with Gasteiger partial charge in [0, 0.05) is 29.2 Å². The van der Waals surface area contributed by atoms with Gasteiger partial charge >= 0.3 is 0 Å². The zero-order valence-corrected chi connectivity index (χ0v) is 19.5. The minimum absolute atomic E-state index is 0.163. The quantitative estimate of drug-likeness (QED) is 0.452. The minimum Gasteiger partial charge on any atom is -0.493 e. The first-order valence-electron chi connectivity index (χ1n) is 11.2. The van der Waals surface area contributed by atoms with Crippen LogP contribution in [0.3, 0.4) is 0 Å². The molecule has 0 fully saturated rings. The largest absolute Gasteiger partial charge is 0.493 e. The van der Waals surface area contributed by atoms with Gasteiger partial charge in [0.1, 0.15) is 17.4 Å². The predicted octanol–water partition coefficient (Wildman–Crippen LogP) is 4.46. The Hall–Kier alpha value is -3.85. The number of ether oxygens (including phenoxy) is 1. The Kier molecular flexibility index (Phi) is 5.52. The summed E-state index contributed by atoms with van der Waals surface area (Å²) in [5, 5.41) is 18.5. The van der Waals surface area contributed by atoms with Crippen molar-refractivity contribution >= 4 is 11.6 Å². The highest BCUT2D eigenvalue weighted by molar-refractivity contribution is 5.97. The summed E-state index contributed by atoms with van der Waals surface area (Å²) in [5.74, 6) is -1.16. The van der Waals surface area contributed by atoms with E-state index in [4.69, 9.17) is 4.74 Å². The van der Waals surface area contributed by atoms with Gasteiger partial charge in [-0.1, -0.05) is 18.2 Å². The number of aryl methyl sites for hydroxylation is 1. The molecule has 0 spiro atoms. The average Bonchev–Trinajstić information content (AvgIpc) is 3.12. The number of nitrogens with zero attached hydrogens (tertiary/aromatic N) is 3. The second kappa shape index (κ2) is 8.42. The maximum absolute atomic E-state index is 13.9. The summed E-state index contributed by atoms with van der Waals surface area (Å²) in [6, 6.07) is 10.4. The second-order valence-electron chi connectivity index (χ2n) is 9.13. The number of nitrogens with one attached hydrogen (secondary N) is 1. The molecule has 4 aromatic rings. The number of carbonyl (C=O) groups excluding carboxylic acids is 1. The first-order chi connectivity index (χ1) is 16.6. The molecule has 0 saturated heterocycles. The number of amides is 1. The van der Waals surface area contributed by atoms with Crippen molar-refractivity contribution in [3.05, 3.63) is 82.7 Å². The van der Waals surface area contributed by atoms with Crippen molar-refractivity contribution in [1.29, 1.82) is 0 Å². The van der Waals surface area contributed by atoms with Crippen LogP contribution in [0.25, 0.3) is 16.9 Å². The number of benzene rings is 2. The smallest absolute Gasteiger partial charge is 0.253 e. The second-order valence-corrected chi connectivity index (χ2v) is 9.13. The standard InChI is InChI=1S/C26H24F2N4O3/c1-14-23(15-10-16(27)12-17(28)11-15)32-24(30-14)22(26(2,3)34)19(13-29-32)25(33)31-20-8-9-35-21-7-5-4-6-18(20)21/h4-7,10-13,20,34H,8-9H2,1-3H3,(H,31,33). The number of para-hydroxylation sites is 1. The third-order valence-electron chi connectivity index (χ3n) is 6.08. The maximum atomic E-state index is 13.9. The number of rotatable bonds is 4. The van der Waals surface area contributed by atoms with Crippen LogP contribution in [0, 0.1) is 18.6 Å². The lowest BCUT2D eigenvalue weighted by molar-refractivity contribution is 0.0747. The van der Waals surface area contributed by atoms with Crippen LogP contribution in [0.2, 0.25) is 0 Å². The molecule has 2 aromatic heterocycles. The normalized spacial score (nSPS) is 15.5. The minimum atomic E-state index is -1.47. The van der Waals surface area contributed by atoms with Gasteiger partial charge in [0.2, 0.25) is 0 Å². The van der Waals surface area contributed by atoms with E-state index in [-0.39, 0.29) is 28.4 Å². The Balaban J connectivity index is 1.61. The molecule has 7 nitrogen and oxygen atoms in total. The van der Waals surface area contributed by atoms with E-state index in [0.717, 1.165) is 17.4 Å². The molecule has 3 heterocycles. The number of imidazole rings is 1. The van der Waals surface area contributed by atoms with Gasteiger partial charge in [-0.15, -0.1) is 0 Å². The Morgan fingerprint density at radius 1 is 1.20 bits per heavy atom. The molecule has 9 heteroatoms. The summed E-state index contributed by atoms with van der Waals surface area (Å²) in [4.78, 5) is 18.0. The van der Waals surface area contributed by atoms with E-state index in [9.17, 15) is 18.7 Å². The molecular formula is C26H24F2N4O3. The van der Waals surface area contributed by atoms with E-state index in [2.05, 4.69) is 15.4 Å². The number of aromatic nitrogens is 3. The number of carbonyl (C=O) groups is 1. The Bertz CT molecular complexity index is 1440. The summed E-state index contributed by atoms with van der Waals surface area (Å²) in [5.41, 5.74) is 1.13. The first kappa shape index (κ1) is 22.9. The lowest BCUT2D eigenvalue weighted by atomic mass is 9.94. The monoisotopic (exact) mass is 478 g/mol. The number of halogens is 2. The zero-order chi connectivity index (χ0) is 24.9. The van der Waals surface area contributed by atoms with Gasteiger partial charge < -0.3 is 15.2 Å².